The van der Waals surface area contributed by atoms with Gasteiger partial charge in [-0.15, -0.1) is 0 Å². The molecule has 1 fully saturated rings. The molecule has 1 N–H and O–H groups in total. The summed E-state index contributed by atoms with van der Waals surface area (Å²) in [7, 11) is 0. The molecule has 1 saturated heterocycles. The van der Waals surface area contributed by atoms with E-state index < -0.39 is 5.97 Å². The van der Waals surface area contributed by atoms with Gasteiger partial charge in [0.1, 0.15) is 0 Å². The van der Waals surface area contributed by atoms with E-state index in [2.05, 4.69) is 23.0 Å². The molecule has 23 heavy (non-hydrogen) atoms. The highest BCUT2D eigenvalue weighted by Crippen LogP contribution is 2.28. The molecule has 1 aliphatic heterocycles. The molecule has 0 bridgehead atoms. The van der Waals surface area contributed by atoms with Crippen molar-refractivity contribution in [3.8, 4) is 0 Å². The molecule has 0 aliphatic carbocycles. The van der Waals surface area contributed by atoms with Gasteiger partial charge in [0.2, 0.25) is 0 Å². The fourth-order valence-corrected chi connectivity index (χ4v) is 3.29. The summed E-state index contributed by atoms with van der Waals surface area (Å²) in [5, 5.41) is 13.7. The van der Waals surface area contributed by atoms with Gasteiger partial charge >= 0.3 is 5.97 Å². The molecule has 122 valence electrons. The Morgan fingerprint density at radius 3 is 3.00 bits per heavy atom. The molecule has 3 rings (SSSR count). The number of hydrogen-bond donors (Lipinski definition) is 1. The van der Waals surface area contributed by atoms with Crippen molar-refractivity contribution < 1.29 is 9.90 Å². The van der Waals surface area contributed by atoms with Gasteiger partial charge < -0.3 is 5.11 Å². The van der Waals surface area contributed by atoms with Crippen molar-refractivity contribution in [2.24, 2.45) is 0 Å². The Balaban J connectivity index is 1.68. The highest BCUT2D eigenvalue weighted by molar-refractivity contribution is 5.87. The number of nitrogens with zero attached hydrogens (tertiary/aromatic N) is 3. The normalized spacial score (nSPS) is 18.9. The second-order valence-electron chi connectivity index (χ2n) is 6.17. The molecule has 2 heterocycles. The predicted molar refractivity (Wildman–Crippen MR) is 88.6 cm³/mol. The number of piperidine rings is 1. The number of benzene rings is 1. The van der Waals surface area contributed by atoms with Crippen LogP contribution < -0.4 is 0 Å². The number of carboxylic acids is 1. The van der Waals surface area contributed by atoms with Gasteiger partial charge in [0.05, 0.1) is 11.3 Å². The first-order valence-corrected chi connectivity index (χ1v) is 8.23. The second-order valence-corrected chi connectivity index (χ2v) is 6.17. The highest BCUT2D eigenvalue weighted by atomic mass is 16.4. The van der Waals surface area contributed by atoms with E-state index in [4.69, 9.17) is 5.11 Å². The van der Waals surface area contributed by atoms with Crippen molar-refractivity contribution in [1.29, 1.82) is 0 Å². The molecule has 0 amide bonds. The molecule has 5 nitrogen and oxygen atoms in total. The van der Waals surface area contributed by atoms with Gasteiger partial charge in [-0.3, -0.25) is 9.58 Å². The van der Waals surface area contributed by atoms with Crippen LogP contribution in [0.3, 0.4) is 0 Å². The minimum absolute atomic E-state index is 0.376. The summed E-state index contributed by atoms with van der Waals surface area (Å²) >= 11 is 0. The van der Waals surface area contributed by atoms with Crippen LogP contribution in [-0.4, -0.2) is 38.8 Å². The third kappa shape index (κ3) is 3.79. The lowest BCUT2D eigenvalue weighted by atomic mass is 9.89. The Bertz CT molecular complexity index is 680. The van der Waals surface area contributed by atoms with E-state index in [-0.39, 0.29) is 0 Å². The number of likely N-dealkylation sites (tertiary alicyclic amines) is 1. The molecule has 1 aromatic carbocycles. The maximum atomic E-state index is 11.2. The van der Waals surface area contributed by atoms with Crippen molar-refractivity contribution in [3.63, 3.8) is 0 Å². The summed E-state index contributed by atoms with van der Waals surface area (Å²) in [6, 6.07) is 9.46. The predicted octanol–water partition coefficient (Wildman–Crippen LogP) is 2.98. The number of rotatable bonds is 5. The van der Waals surface area contributed by atoms with Crippen LogP contribution in [0.5, 0.6) is 0 Å². The van der Waals surface area contributed by atoms with E-state index in [9.17, 15) is 4.79 Å². The number of carboxylic acid groups (broad SMARTS) is 1. The molecular weight excluding hydrogens is 290 g/mol. The van der Waals surface area contributed by atoms with Crippen LogP contribution in [0.2, 0.25) is 0 Å². The average molecular weight is 313 g/mol. The lowest BCUT2D eigenvalue weighted by Crippen LogP contribution is -2.34. The average Bonchev–Trinajstić information content (AvgIpc) is 3.03. The van der Waals surface area contributed by atoms with Crippen LogP contribution in [0, 0.1) is 0 Å². The molecule has 1 atom stereocenters. The summed E-state index contributed by atoms with van der Waals surface area (Å²) in [6.45, 7) is 5.88. The fraction of sp³-hybridized carbons (Fsp3) is 0.444. The van der Waals surface area contributed by atoms with Crippen LogP contribution in [0.25, 0.3) is 0 Å². The first-order chi connectivity index (χ1) is 11.2. The quantitative estimate of drug-likeness (QED) is 0.922. The minimum Gasteiger partial charge on any atom is -0.478 e. The Kier molecular flexibility index (Phi) is 4.76. The second kappa shape index (κ2) is 6.96. The SMILES string of the molecule is CCn1ccc(CN2CCC[C@H](c3cccc(C(=O)O)c3)C2)n1. The highest BCUT2D eigenvalue weighted by Gasteiger charge is 2.22. The number of aromatic carboxylic acids is 1. The zero-order valence-corrected chi connectivity index (χ0v) is 13.5. The maximum absolute atomic E-state index is 11.2. The van der Waals surface area contributed by atoms with Gasteiger partial charge in [-0.25, -0.2) is 4.79 Å². The van der Waals surface area contributed by atoms with Crippen molar-refractivity contribution in [2.45, 2.75) is 38.8 Å². The standard InChI is InChI=1S/C18H23N3O2/c1-2-21-10-8-17(19-21)13-20-9-4-7-16(12-20)14-5-3-6-15(11-14)18(22)23/h3,5-6,8,10-11,16H,2,4,7,9,12-13H2,1H3,(H,22,23)/t16-/m0/s1. The Labute approximate surface area is 136 Å². The molecule has 0 radical (unpaired) electrons. The number of carbonyl (C=O) groups is 1. The van der Waals surface area contributed by atoms with E-state index in [0.29, 0.717) is 11.5 Å². The lowest BCUT2D eigenvalue weighted by Gasteiger charge is -2.32. The molecule has 1 aliphatic rings. The molecule has 0 saturated carbocycles. The van der Waals surface area contributed by atoms with Gasteiger partial charge in [-0.2, -0.15) is 5.10 Å². The fourth-order valence-electron chi connectivity index (χ4n) is 3.29. The van der Waals surface area contributed by atoms with Crippen LogP contribution in [0.15, 0.2) is 36.5 Å². The van der Waals surface area contributed by atoms with Crippen molar-refractivity contribution in [3.05, 3.63) is 53.3 Å². The van der Waals surface area contributed by atoms with E-state index in [1.165, 1.54) is 0 Å². The first kappa shape index (κ1) is 15.7. The Morgan fingerprint density at radius 2 is 2.26 bits per heavy atom. The third-order valence-electron chi connectivity index (χ3n) is 4.52. The molecule has 0 spiro atoms. The van der Waals surface area contributed by atoms with Gasteiger partial charge in [0.15, 0.2) is 0 Å². The third-order valence-corrected chi connectivity index (χ3v) is 4.52. The van der Waals surface area contributed by atoms with Gasteiger partial charge in [0.25, 0.3) is 0 Å². The number of aromatic nitrogens is 2. The van der Waals surface area contributed by atoms with E-state index in [0.717, 1.165) is 50.3 Å². The van der Waals surface area contributed by atoms with Gasteiger partial charge in [0, 0.05) is 25.8 Å². The maximum Gasteiger partial charge on any atom is 0.335 e. The molecule has 1 aromatic heterocycles. The van der Waals surface area contributed by atoms with E-state index in [1.54, 1.807) is 6.07 Å². The summed E-state index contributed by atoms with van der Waals surface area (Å²) in [4.78, 5) is 13.6. The Morgan fingerprint density at radius 1 is 1.39 bits per heavy atom. The molecular formula is C18H23N3O2. The smallest absolute Gasteiger partial charge is 0.335 e. The largest absolute Gasteiger partial charge is 0.478 e. The van der Waals surface area contributed by atoms with E-state index in [1.807, 2.05) is 29.1 Å². The van der Waals surface area contributed by atoms with Crippen molar-refractivity contribution in [2.75, 3.05) is 13.1 Å². The van der Waals surface area contributed by atoms with Crippen LogP contribution >= 0.6 is 0 Å². The lowest BCUT2D eigenvalue weighted by molar-refractivity contribution is 0.0696. The van der Waals surface area contributed by atoms with Crippen LogP contribution in [0.1, 0.15) is 47.3 Å². The summed E-state index contributed by atoms with van der Waals surface area (Å²) < 4.78 is 1.95. The van der Waals surface area contributed by atoms with E-state index >= 15 is 0 Å². The summed E-state index contributed by atoms with van der Waals surface area (Å²) in [5.41, 5.74) is 2.61. The number of aryl methyl sites for hydroxylation is 1. The minimum atomic E-state index is -0.857. The zero-order chi connectivity index (χ0) is 16.2. The van der Waals surface area contributed by atoms with Crippen LogP contribution in [0.4, 0.5) is 0 Å². The molecule has 0 unspecified atom stereocenters. The molecule has 2 aromatic rings. The number of hydrogen-bond acceptors (Lipinski definition) is 3. The van der Waals surface area contributed by atoms with Crippen molar-refractivity contribution >= 4 is 5.97 Å². The summed E-state index contributed by atoms with van der Waals surface area (Å²) in [6.07, 6.45) is 4.27. The zero-order valence-electron chi connectivity index (χ0n) is 13.5. The van der Waals surface area contributed by atoms with Gasteiger partial charge in [-0.1, -0.05) is 12.1 Å². The topological polar surface area (TPSA) is 58.4 Å². The first-order valence-electron chi connectivity index (χ1n) is 8.23. The summed E-state index contributed by atoms with van der Waals surface area (Å²) in [5.74, 6) is -0.457. The monoisotopic (exact) mass is 313 g/mol. The van der Waals surface area contributed by atoms with Crippen molar-refractivity contribution in [1.82, 2.24) is 14.7 Å². The van der Waals surface area contributed by atoms with Crippen LogP contribution in [-0.2, 0) is 13.1 Å². The Hall–Kier alpha value is -2.14. The van der Waals surface area contributed by atoms with Gasteiger partial charge in [-0.05, 0) is 56.0 Å². The molecule has 5 heteroatoms.